The zero-order valence-corrected chi connectivity index (χ0v) is 17.2. The number of nitrogens with zero attached hydrogens (tertiary/aromatic N) is 2. The number of carbonyl (C=O) groups is 1. The van der Waals surface area contributed by atoms with Gasteiger partial charge in [-0.25, -0.2) is 14.4 Å². The van der Waals surface area contributed by atoms with Gasteiger partial charge in [0, 0.05) is 6.54 Å². The molecule has 29 heavy (non-hydrogen) atoms. The average Bonchev–Trinajstić information content (AvgIpc) is 3.53. The Hall–Kier alpha value is -2.22. The lowest BCUT2D eigenvalue weighted by molar-refractivity contribution is 0.174. The molecule has 6 nitrogen and oxygen atoms in total. The number of urea groups is 1. The Morgan fingerprint density at radius 3 is 2.38 bits per heavy atom. The van der Waals surface area contributed by atoms with Crippen molar-refractivity contribution < 1.29 is 13.6 Å². The minimum absolute atomic E-state index is 0.0637. The van der Waals surface area contributed by atoms with E-state index in [9.17, 15) is 9.00 Å². The van der Waals surface area contributed by atoms with E-state index in [-0.39, 0.29) is 17.9 Å². The van der Waals surface area contributed by atoms with Crippen molar-refractivity contribution in [1.29, 1.82) is 0 Å². The Balaban J connectivity index is 1.45. The van der Waals surface area contributed by atoms with E-state index in [0.29, 0.717) is 19.0 Å². The van der Waals surface area contributed by atoms with Crippen LogP contribution in [0, 0.1) is 0 Å². The predicted molar refractivity (Wildman–Crippen MR) is 114 cm³/mol. The second-order valence-electron chi connectivity index (χ2n) is 7.76. The summed E-state index contributed by atoms with van der Waals surface area (Å²) in [5.74, 6) is 0.547. The van der Waals surface area contributed by atoms with Gasteiger partial charge in [0.05, 0.1) is 12.6 Å². The SMILES string of the molecule is O=C1N(NCS(=O)O)C[C@@H](c2ccc(C3CC3)cc2)N1CCCc1ccccc1. The number of nitrogens with one attached hydrogen (secondary N) is 1. The van der Waals surface area contributed by atoms with Crippen molar-refractivity contribution in [3.05, 3.63) is 71.3 Å². The van der Waals surface area contributed by atoms with Gasteiger partial charge in [-0.3, -0.25) is 5.01 Å². The summed E-state index contributed by atoms with van der Waals surface area (Å²) in [5, 5.41) is 1.47. The molecule has 0 bridgehead atoms. The normalized spacial score (nSPS) is 20.3. The van der Waals surface area contributed by atoms with Crippen molar-refractivity contribution in [3.63, 3.8) is 0 Å². The maximum atomic E-state index is 12.9. The highest BCUT2D eigenvalue weighted by Gasteiger charge is 2.38. The van der Waals surface area contributed by atoms with Crippen molar-refractivity contribution in [2.24, 2.45) is 0 Å². The molecule has 0 spiro atoms. The highest BCUT2D eigenvalue weighted by molar-refractivity contribution is 7.79. The molecule has 0 aromatic heterocycles. The van der Waals surface area contributed by atoms with E-state index < -0.39 is 11.1 Å². The molecule has 2 amide bonds. The first-order valence-corrected chi connectivity index (χ1v) is 11.4. The fraction of sp³-hybridized carbons (Fsp3) is 0.409. The van der Waals surface area contributed by atoms with Crippen molar-refractivity contribution in [1.82, 2.24) is 15.3 Å². The minimum atomic E-state index is -2.00. The fourth-order valence-electron chi connectivity index (χ4n) is 3.95. The van der Waals surface area contributed by atoms with Crippen LogP contribution in [0.25, 0.3) is 0 Å². The van der Waals surface area contributed by atoms with Crippen LogP contribution in [0.1, 0.15) is 47.9 Å². The number of benzene rings is 2. The summed E-state index contributed by atoms with van der Waals surface area (Å²) in [5.41, 5.74) is 6.54. The smallest absolute Gasteiger partial charge is 0.315 e. The first kappa shape index (κ1) is 20.1. The first-order chi connectivity index (χ1) is 14.1. The van der Waals surface area contributed by atoms with Gasteiger partial charge in [-0.1, -0.05) is 54.6 Å². The van der Waals surface area contributed by atoms with Crippen LogP contribution in [-0.2, 0) is 17.5 Å². The van der Waals surface area contributed by atoms with Crippen LogP contribution < -0.4 is 5.43 Å². The molecule has 4 rings (SSSR count). The number of hydrogen-bond acceptors (Lipinski definition) is 3. The summed E-state index contributed by atoms with van der Waals surface area (Å²) in [6.07, 6.45) is 4.31. The van der Waals surface area contributed by atoms with Gasteiger partial charge in [-0.15, -0.1) is 0 Å². The summed E-state index contributed by atoms with van der Waals surface area (Å²) in [6, 6.07) is 18.7. The first-order valence-electron chi connectivity index (χ1n) is 10.1. The van der Waals surface area contributed by atoms with Gasteiger partial charge in [-0.05, 0) is 48.3 Å². The summed E-state index contributed by atoms with van der Waals surface area (Å²) in [7, 11) is 0. The topological polar surface area (TPSA) is 72.9 Å². The van der Waals surface area contributed by atoms with E-state index in [1.54, 1.807) is 0 Å². The molecule has 154 valence electrons. The van der Waals surface area contributed by atoms with Crippen LogP contribution in [0.3, 0.4) is 0 Å². The number of amides is 2. The molecule has 2 N–H and O–H groups in total. The number of aryl methyl sites for hydroxylation is 1. The molecular weight excluding hydrogens is 386 g/mol. The molecule has 2 aromatic rings. The lowest BCUT2D eigenvalue weighted by atomic mass is 10.0. The molecule has 2 atom stereocenters. The number of hydrazine groups is 1. The van der Waals surface area contributed by atoms with Crippen molar-refractivity contribution in [2.45, 2.75) is 37.6 Å². The molecule has 1 aliphatic heterocycles. The third-order valence-corrected chi connectivity index (χ3v) is 6.04. The molecule has 0 radical (unpaired) electrons. The Morgan fingerprint density at radius 1 is 1.03 bits per heavy atom. The van der Waals surface area contributed by atoms with Gasteiger partial charge in [0.25, 0.3) is 0 Å². The summed E-state index contributed by atoms with van der Waals surface area (Å²) >= 11 is -2.00. The molecule has 1 saturated carbocycles. The van der Waals surface area contributed by atoms with Crippen LogP contribution in [0.15, 0.2) is 54.6 Å². The van der Waals surface area contributed by atoms with Gasteiger partial charge in [0.1, 0.15) is 5.88 Å². The zero-order valence-electron chi connectivity index (χ0n) is 16.4. The lowest BCUT2D eigenvalue weighted by Gasteiger charge is -2.23. The highest BCUT2D eigenvalue weighted by atomic mass is 32.2. The molecule has 2 aliphatic rings. The Morgan fingerprint density at radius 2 is 1.72 bits per heavy atom. The third kappa shape index (κ3) is 5.04. The van der Waals surface area contributed by atoms with Gasteiger partial charge in [-0.2, -0.15) is 0 Å². The molecule has 1 unspecified atom stereocenters. The molecule has 7 heteroatoms. The average molecular weight is 414 g/mol. The van der Waals surface area contributed by atoms with Crippen LogP contribution in [0.4, 0.5) is 4.79 Å². The van der Waals surface area contributed by atoms with Gasteiger partial charge < -0.3 is 9.45 Å². The Bertz CT molecular complexity index is 855. The molecular formula is C22H27N3O3S. The van der Waals surface area contributed by atoms with E-state index in [2.05, 4.69) is 41.8 Å². The van der Waals surface area contributed by atoms with E-state index in [0.717, 1.165) is 18.4 Å². The standard InChI is InChI=1S/C22H27N3O3S/c26-22-24(14-4-7-17-5-2-1-3-6-17)21(15-25(22)23-16-29(27)28)20-12-10-19(11-13-20)18-8-9-18/h1-3,5-6,10-13,18,21,23H,4,7-9,14-16H2,(H,27,28)/t21-/m0/s1. The van der Waals surface area contributed by atoms with Crippen molar-refractivity contribution >= 4 is 17.1 Å². The number of rotatable bonds is 9. The van der Waals surface area contributed by atoms with E-state index >= 15 is 0 Å². The molecule has 2 fully saturated rings. The van der Waals surface area contributed by atoms with E-state index in [1.807, 2.05) is 23.1 Å². The second kappa shape index (κ2) is 9.07. The van der Waals surface area contributed by atoms with Crippen LogP contribution >= 0.6 is 0 Å². The second-order valence-corrected chi connectivity index (χ2v) is 8.69. The number of carbonyl (C=O) groups excluding carboxylic acids is 1. The maximum Gasteiger partial charge on any atom is 0.335 e. The van der Waals surface area contributed by atoms with E-state index in [4.69, 9.17) is 4.55 Å². The van der Waals surface area contributed by atoms with Crippen molar-refractivity contribution in [2.75, 3.05) is 19.0 Å². The lowest BCUT2D eigenvalue weighted by Crippen LogP contribution is -2.43. The van der Waals surface area contributed by atoms with Crippen LogP contribution in [0.5, 0.6) is 0 Å². The van der Waals surface area contributed by atoms with Gasteiger partial charge >= 0.3 is 6.03 Å². The molecule has 1 heterocycles. The highest BCUT2D eigenvalue weighted by Crippen LogP contribution is 2.40. The van der Waals surface area contributed by atoms with E-state index in [1.165, 1.54) is 29.0 Å². The Labute approximate surface area is 174 Å². The summed E-state index contributed by atoms with van der Waals surface area (Å²) in [4.78, 5) is 14.8. The molecule has 1 aliphatic carbocycles. The fourth-order valence-corrected chi connectivity index (χ4v) is 4.21. The summed E-state index contributed by atoms with van der Waals surface area (Å²) in [6.45, 7) is 1.10. The van der Waals surface area contributed by atoms with Gasteiger partial charge in [0.2, 0.25) is 0 Å². The zero-order chi connectivity index (χ0) is 20.2. The van der Waals surface area contributed by atoms with Gasteiger partial charge in [0.15, 0.2) is 11.1 Å². The Kier molecular flexibility index (Phi) is 6.28. The minimum Gasteiger partial charge on any atom is -0.315 e. The molecule has 1 saturated heterocycles. The predicted octanol–water partition coefficient (Wildman–Crippen LogP) is 3.66. The maximum absolute atomic E-state index is 12.9. The van der Waals surface area contributed by atoms with Crippen LogP contribution in [-0.4, -0.2) is 43.7 Å². The van der Waals surface area contributed by atoms with Crippen molar-refractivity contribution in [3.8, 4) is 0 Å². The van der Waals surface area contributed by atoms with Crippen LogP contribution in [0.2, 0.25) is 0 Å². The summed E-state index contributed by atoms with van der Waals surface area (Å²) < 4.78 is 20.1. The molecule has 2 aromatic carbocycles. The monoisotopic (exact) mass is 413 g/mol. The quantitative estimate of drug-likeness (QED) is 0.616. The largest absolute Gasteiger partial charge is 0.335 e. The number of hydrogen-bond donors (Lipinski definition) is 2. The third-order valence-electron chi connectivity index (χ3n) is 5.66.